The van der Waals surface area contributed by atoms with Crippen LogP contribution in [0.4, 0.5) is 11.4 Å². The quantitative estimate of drug-likeness (QED) is 0.823. The van der Waals surface area contributed by atoms with Gasteiger partial charge in [-0.05, 0) is 36.8 Å². The molecule has 2 rings (SSSR count). The summed E-state index contributed by atoms with van der Waals surface area (Å²) in [7, 11) is 1.48. The lowest BCUT2D eigenvalue weighted by Crippen LogP contribution is -2.29. The summed E-state index contributed by atoms with van der Waals surface area (Å²) >= 11 is 11.9. The molecule has 0 heterocycles. The lowest BCUT2D eigenvalue weighted by molar-refractivity contribution is -0.133. The van der Waals surface area contributed by atoms with Crippen LogP contribution in [0.5, 0.6) is 5.75 Å². The van der Waals surface area contributed by atoms with Crippen LogP contribution in [0.1, 0.15) is 5.56 Å². The van der Waals surface area contributed by atoms with Gasteiger partial charge in [-0.1, -0.05) is 35.3 Å². The maximum Gasteiger partial charge on any atom is 0.314 e. The number of amides is 2. The Morgan fingerprint density at radius 2 is 1.61 bits per heavy atom. The van der Waals surface area contributed by atoms with Crippen LogP contribution in [-0.4, -0.2) is 18.9 Å². The Bertz CT molecular complexity index is 743. The van der Waals surface area contributed by atoms with Crippen molar-refractivity contribution in [2.45, 2.75) is 6.92 Å². The maximum atomic E-state index is 12.1. The van der Waals surface area contributed by atoms with Gasteiger partial charge in [-0.3, -0.25) is 9.59 Å². The summed E-state index contributed by atoms with van der Waals surface area (Å²) in [5.74, 6) is -1.29. The molecule has 2 aromatic carbocycles. The van der Waals surface area contributed by atoms with E-state index >= 15 is 0 Å². The molecule has 0 radical (unpaired) electrons. The number of hydrogen-bond donors (Lipinski definition) is 2. The van der Waals surface area contributed by atoms with Crippen LogP contribution in [0.3, 0.4) is 0 Å². The Morgan fingerprint density at radius 1 is 1.00 bits per heavy atom. The number of anilines is 2. The number of rotatable bonds is 3. The molecule has 23 heavy (non-hydrogen) atoms. The molecule has 7 heteroatoms. The lowest BCUT2D eigenvalue weighted by atomic mass is 10.2. The number of halogens is 2. The molecule has 0 atom stereocenters. The second kappa shape index (κ2) is 7.35. The number of para-hydroxylation sites is 1. The van der Waals surface area contributed by atoms with Gasteiger partial charge in [-0.2, -0.15) is 0 Å². The van der Waals surface area contributed by atoms with Gasteiger partial charge in [0.15, 0.2) is 0 Å². The summed E-state index contributed by atoms with van der Waals surface area (Å²) in [6.45, 7) is 1.86. The van der Waals surface area contributed by atoms with Crippen molar-refractivity contribution in [2.24, 2.45) is 0 Å². The van der Waals surface area contributed by atoms with E-state index < -0.39 is 11.8 Å². The molecule has 0 bridgehead atoms. The summed E-state index contributed by atoms with van der Waals surface area (Å²) in [5.41, 5.74) is 1.50. The van der Waals surface area contributed by atoms with E-state index in [-0.39, 0.29) is 15.7 Å². The number of ether oxygens (including phenoxy) is 1. The Labute approximate surface area is 143 Å². The standard InChI is InChI=1S/C16H14Cl2N2O3/c1-9-6-7-13(23-2)12(8-9)19-15(21)16(22)20-14-10(17)4-3-5-11(14)18/h3-8H,1-2H3,(H,19,21)(H,20,22). The molecule has 120 valence electrons. The molecule has 0 aliphatic heterocycles. The molecule has 0 fully saturated rings. The predicted molar refractivity (Wildman–Crippen MR) is 91.5 cm³/mol. The minimum Gasteiger partial charge on any atom is -0.495 e. The first-order valence-corrected chi connectivity index (χ1v) is 7.39. The van der Waals surface area contributed by atoms with Gasteiger partial charge in [-0.15, -0.1) is 0 Å². The van der Waals surface area contributed by atoms with Gasteiger partial charge in [0.2, 0.25) is 0 Å². The van der Waals surface area contributed by atoms with Gasteiger partial charge in [0.25, 0.3) is 0 Å². The van der Waals surface area contributed by atoms with Crippen molar-refractivity contribution < 1.29 is 14.3 Å². The van der Waals surface area contributed by atoms with Crippen molar-refractivity contribution in [1.82, 2.24) is 0 Å². The average Bonchev–Trinajstić information content (AvgIpc) is 2.51. The fourth-order valence-corrected chi connectivity index (χ4v) is 2.38. The number of aryl methyl sites for hydroxylation is 1. The van der Waals surface area contributed by atoms with E-state index in [1.165, 1.54) is 7.11 Å². The first-order chi connectivity index (χ1) is 10.9. The van der Waals surface area contributed by atoms with Gasteiger partial charge in [0.1, 0.15) is 5.75 Å². The first kappa shape index (κ1) is 17.1. The molecule has 2 aromatic rings. The molecule has 0 aliphatic rings. The topological polar surface area (TPSA) is 67.4 Å². The number of carbonyl (C=O) groups is 2. The summed E-state index contributed by atoms with van der Waals surface area (Å²) < 4.78 is 5.15. The van der Waals surface area contributed by atoms with E-state index in [0.717, 1.165) is 5.56 Å². The molecule has 0 aromatic heterocycles. The number of benzene rings is 2. The fraction of sp³-hybridized carbons (Fsp3) is 0.125. The monoisotopic (exact) mass is 352 g/mol. The smallest absolute Gasteiger partial charge is 0.314 e. The highest BCUT2D eigenvalue weighted by Crippen LogP contribution is 2.30. The van der Waals surface area contributed by atoms with Gasteiger partial charge in [0, 0.05) is 0 Å². The van der Waals surface area contributed by atoms with Crippen molar-refractivity contribution in [3.8, 4) is 5.75 Å². The zero-order chi connectivity index (χ0) is 17.0. The summed E-state index contributed by atoms with van der Waals surface area (Å²) in [6.07, 6.45) is 0. The van der Waals surface area contributed by atoms with Crippen LogP contribution < -0.4 is 15.4 Å². The molecule has 0 aliphatic carbocycles. The third-order valence-corrected chi connectivity index (χ3v) is 3.64. The number of hydrogen-bond acceptors (Lipinski definition) is 3. The average molecular weight is 353 g/mol. The molecule has 0 unspecified atom stereocenters. The van der Waals surface area contributed by atoms with Crippen LogP contribution >= 0.6 is 23.2 Å². The molecule has 0 saturated heterocycles. The highest BCUT2D eigenvalue weighted by molar-refractivity contribution is 6.46. The number of methoxy groups -OCH3 is 1. The molecule has 2 N–H and O–H groups in total. The van der Waals surface area contributed by atoms with Gasteiger partial charge in [-0.25, -0.2) is 0 Å². The SMILES string of the molecule is COc1ccc(C)cc1NC(=O)C(=O)Nc1c(Cl)cccc1Cl. The van der Waals surface area contributed by atoms with E-state index in [1.807, 2.05) is 13.0 Å². The van der Waals surface area contributed by atoms with Crippen LogP contribution in [-0.2, 0) is 9.59 Å². The van der Waals surface area contributed by atoms with Gasteiger partial charge < -0.3 is 15.4 Å². The van der Waals surface area contributed by atoms with Crippen LogP contribution in [0.2, 0.25) is 10.0 Å². The van der Waals surface area contributed by atoms with Crippen LogP contribution in [0.25, 0.3) is 0 Å². The van der Waals surface area contributed by atoms with Crippen LogP contribution in [0, 0.1) is 6.92 Å². The third-order valence-electron chi connectivity index (χ3n) is 3.01. The minimum absolute atomic E-state index is 0.187. The molecular weight excluding hydrogens is 339 g/mol. The molecule has 0 saturated carbocycles. The maximum absolute atomic E-state index is 12.1. The number of carbonyl (C=O) groups excluding carboxylic acids is 2. The zero-order valence-corrected chi connectivity index (χ0v) is 14.0. The van der Waals surface area contributed by atoms with Crippen molar-refractivity contribution >= 4 is 46.4 Å². The Morgan fingerprint density at radius 3 is 2.22 bits per heavy atom. The highest BCUT2D eigenvalue weighted by atomic mass is 35.5. The summed E-state index contributed by atoms with van der Waals surface area (Å²) in [6, 6.07) is 9.99. The predicted octanol–water partition coefficient (Wildman–Crippen LogP) is 3.89. The van der Waals surface area contributed by atoms with E-state index in [4.69, 9.17) is 27.9 Å². The van der Waals surface area contributed by atoms with Crippen LogP contribution in [0.15, 0.2) is 36.4 Å². The first-order valence-electron chi connectivity index (χ1n) is 6.63. The summed E-state index contributed by atoms with van der Waals surface area (Å²) in [5, 5.41) is 5.38. The lowest BCUT2D eigenvalue weighted by Gasteiger charge is -2.12. The Kier molecular flexibility index (Phi) is 5.47. The minimum atomic E-state index is -0.886. The van der Waals surface area contributed by atoms with Gasteiger partial charge in [0.05, 0.1) is 28.5 Å². The van der Waals surface area contributed by atoms with Crippen molar-refractivity contribution in [2.75, 3.05) is 17.7 Å². The largest absolute Gasteiger partial charge is 0.495 e. The van der Waals surface area contributed by atoms with E-state index in [2.05, 4.69) is 10.6 Å². The zero-order valence-electron chi connectivity index (χ0n) is 12.4. The van der Waals surface area contributed by atoms with Gasteiger partial charge >= 0.3 is 11.8 Å². The second-order valence-corrected chi connectivity index (χ2v) is 5.52. The second-order valence-electron chi connectivity index (χ2n) is 4.71. The Hall–Kier alpha value is -2.24. The summed E-state index contributed by atoms with van der Waals surface area (Å²) in [4.78, 5) is 24.1. The fourth-order valence-electron chi connectivity index (χ4n) is 1.89. The molecule has 0 spiro atoms. The third kappa shape index (κ3) is 4.15. The van der Waals surface area contributed by atoms with E-state index in [1.54, 1.807) is 30.3 Å². The van der Waals surface area contributed by atoms with E-state index in [9.17, 15) is 9.59 Å². The normalized spacial score (nSPS) is 10.1. The Balaban J connectivity index is 2.15. The number of nitrogens with one attached hydrogen (secondary N) is 2. The van der Waals surface area contributed by atoms with Crippen molar-refractivity contribution in [3.63, 3.8) is 0 Å². The highest BCUT2D eigenvalue weighted by Gasteiger charge is 2.18. The molecule has 5 nitrogen and oxygen atoms in total. The van der Waals surface area contributed by atoms with Crippen molar-refractivity contribution in [1.29, 1.82) is 0 Å². The molecular formula is C16H14Cl2N2O3. The van der Waals surface area contributed by atoms with Crippen molar-refractivity contribution in [3.05, 3.63) is 52.0 Å². The molecule has 2 amide bonds. The van der Waals surface area contributed by atoms with E-state index in [0.29, 0.717) is 11.4 Å².